The third kappa shape index (κ3) is 3.44. The van der Waals surface area contributed by atoms with Gasteiger partial charge in [0.2, 0.25) is 0 Å². The summed E-state index contributed by atoms with van der Waals surface area (Å²) in [4.78, 5) is 13.6. The van der Waals surface area contributed by atoms with Crippen LogP contribution in [0, 0.1) is 17.1 Å². The van der Waals surface area contributed by atoms with E-state index in [1.165, 1.54) is 12.1 Å². The highest BCUT2D eigenvalue weighted by Gasteiger charge is 2.16. The lowest BCUT2D eigenvalue weighted by molar-refractivity contribution is -0.134. The maximum absolute atomic E-state index is 13.3. The van der Waals surface area contributed by atoms with E-state index in [2.05, 4.69) is 0 Å². The van der Waals surface area contributed by atoms with E-state index < -0.39 is 5.82 Å². The molecule has 0 radical (unpaired) electrons. The van der Waals surface area contributed by atoms with Crippen molar-refractivity contribution < 1.29 is 13.9 Å². The van der Waals surface area contributed by atoms with Crippen LogP contribution in [-0.2, 0) is 4.79 Å². The molecule has 1 aliphatic heterocycles. The van der Waals surface area contributed by atoms with E-state index in [4.69, 9.17) is 10.00 Å². The van der Waals surface area contributed by atoms with Gasteiger partial charge in [0.25, 0.3) is 5.91 Å². The summed E-state index contributed by atoms with van der Waals surface area (Å²) in [5.74, 6) is -0.447. The number of carbonyl (C=O) groups is 1. The minimum Gasteiger partial charge on any atom is -0.484 e. The van der Waals surface area contributed by atoms with Crippen molar-refractivity contribution in [1.29, 1.82) is 5.26 Å². The molecule has 5 heteroatoms. The van der Waals surface area contributed by atoms with Crippen LogP contribution >= 0.6 is 0 Å². The molecular formula is C14H15FN2O2. The molecular weight excluding hydrogens is 247 g/mol. The Labute approximate surface area is 111 Å². The van der Waals surface area contributed by atoms with Crippen molar-refractivity contribution >= 4 is 5.91 Å². The molecule has 1 aromatic rings. The molecule has 1 amide bonds. The first-order valence-electron chi connectivity index (χ1n) is 6.31. The Morgan fingerprint density at radius 3 is 2.74 bits per heavy atom. The van der Waals surface area contributed by atoms with Crippen molar-refractivity contribution in [2.24, 2.45) is 0 Å². The second-order valence-corrected chi connectivity index (χ2v) is 4.48. The summed E-state index contributed by atoms with van der Waals surface area (Å²) in [7, 11) is 0. The van der Waals surface area contributed by atoms with E-state index >= 15 is 0 Å². The van der Waals surface area contributed by atoms with Crippen LogP contribution in [0.1, 0.15) is 24.8 Å². The maximum atomic E-state index is 13.3. The quantitative estimate of drug-likeness (QED) is 0.838. The van der Waals surface area contributed by atoms with Crippen LogP contribution < -0.4 is 4.74 Å². The summed E-state index contributed by atoms with van der Waals surface area (Å²) < 4.78 is 18.6. The number of ether oxygens (including phenoxy) is 1. The highest BCUT2D eigenvalue weighted by atomic mass is 19.1. The van der Waals surface area contributed by atoms with Gasteiger partial charge in [0.1, 0.15) is 17.6 Å². The molecule has 0 N–H and O–H groups in total. The van der Waals surface area contributed by atoms with Gasteiger partial charge in [0.15, 0.2) is 6.61 Å². The first kappa shape index (κ1) is 13.3. The second kappa shape index (κ2) is 6.19. The van der Waals surface area contributed by atoms with E-state index in [1.54, 1.807) is 11.0 Å². The summed E-state index contributed by atoms with van der Waals surface area (Å²) in [5, 5.41) is 8.61. The second-order valence-electron chi connectivity index (χ2n) is 4.48. The van der Waals surface area contributed by atoms with E-state index in [0.29, 0.717) is 0 Å². The topological polar surface area (TPSA) is 53.3 Å². The molecule has 100 valence electrons. The summed E-state index contributed by atoms with van der Waals surface area (Å²) in [5.41, 5.74) is -0.0327. The fraction of sp³-hybridized carbons (Fsp3) is 0.429. The molecule has 0 saturated carbocycles. The van der Waals surface area contributed by atoms with Gasteiger partial charge in [-0.15, -0.1) is 0 Å². The largest absolute Gasteiger partial charge is 0.484 e. The minimum absolute atomic E-state index is 0.0327. The Balaban J connectivity index is 1.89. The van der Waals surface area contributed by atoms with Gasteiger partial charge in [-0.1, -0.05) is 0 Å². The van der Waals surface area contributed by atoms with Crippen molar-refractivity contribution in [3.8, 4) is 11.8 Å². The van der Waals surface area contributed by atoms with E-state index in [-0.39, 0.29) is 23.8 Å². The summed E-state index contributed by atoms with van der Waals surface area (Å²) in [6.07, 6.45) is 3.21. The number of benzene rings is 1. The number of rotatable bonds is 3. The molecule has 19 heavy (non-hydrogen) atoms. The van der Waals surface area contributed by atoms with Gasteiger partial charge >= 0.3 is 0 Å². The number of amides is 1. The zero-order valence-corrected chi connectivity index (χ0v) is 10.6. The molecule has 1 heterocycles. The lowest BCUT2D eigenvalue weighted by atomic mass is 10.1. The van der Waals surface area contributed by atoms with E-state index in [0.717, 1.165) is 38.4 Å². The van der Waals surface area contributed by atoms with Gasteiger partial charge in [-0.2, -0.15) is 5.26 Å². The summed E-state index contributed by atoms with van der Waals surface area (Å²) in [6, 6.07) is 5.69. The van der Waals surface area contributed by atoms with Gasteiger partial charge in [0.05, 0.1) is 5.56 Å². The third-order valence-corrected chi connectivity index (χ3v) is 3.13. The first-order valence-corrected chi connectivity index (χ1v) is 6.31. The number of halogens is 1. The molecule has 1 saturated heterocycles. The lowest BCUT2D eigenvalue weighted by Gasteiger charge is -2.26. The standard InChI is InChI=1S/C14H15FN2O2/c15-13-8-12(5-4-11(13)9-16)19-10-14(18)17-6-2-1-3-7-17/h4-5,8H,1-3,6-7,10H2. The summed E-state index contributed by atoms with van der Waals surface area (Å²) >= 11 is 0. The van der Waals surface area contributed by atoms with Gasteiger partial charge in [-0.05, 0) is 31.4 Å². The number of nitrogens with zero attached hydrogens (tertiary/aromatic N) is 2. The van der Waals surface area contributed by atoms with Crippen LogP contribution in [-0.4, -0.2) is 30.5 Å². The Kier molecular flexibility index (Phi) is 4.35. The Bertz CT molecular complexity index is 505. The lowest BCUT2D eigenvalue weighted by Crippen LogP contribution is -2.38. The van der Waals surface area contributed by atoms with Crippen LogP contribution in [0.2, 0.25) is 0 Å². The fourth-order valence-electron chi connectivity index (χ4n) is 2.06. The van der Waals surface area contributed by atoms with Crippen molar-refractivity contribution in [3.05, 3.63) is 29.6 Å². The fourth-order valence-corrected chi connectivity index (χ4v) is 2.06. The van der Waals surface area contributed by atoms with Crippen LogP contribution in [0.3, 0.4) is 0 Å². The average Bonchev–Trinajstić information content (AvgIpc) is 2.46. The smallest absolute Gasteiger partial charge is 0.260 e. The molecule has 4 nitrogen and oxygen atoms in total. The number of hydrogen-bond donors (Lipinski definition) is 0. The minimum atomic E-state index is -0.634. The van der Waals surface area contributed by atoms with Crippen molar-refractivity contribution in [1.82, 2.24) is 4.90 Å². The maximum Gasteiger partial charge on any atom is 0.260 e. The highest BCUT2D eigenvalue weighted by Crippen LogP contribution is 2.16. The van der Waals surface area contributed by atoms with Gasteiger partial charge in [-0.25, -0.2) is 4.39 Å². The molecule has 0 aliphatic carbocycles. The number of nitriles is 1. The van der Waals surface area contributed by atoms with E-state index in [1.807, 2.05) is 0 Å². The number of likely N-dealkylation sites (tertiary alicyclic amines) is 1. The van der Waals surface area contributed by atoms with Gasteiger partial charge in [0, 0.05) is 19.2 Å². The highest BCUT2D eigenvalue weighted by molar-refractivity contribution is 5.77. The van der Waals surface area contributed by atoms with Crippen molar-refractivity contribution in [3.63, 3.8) is 0 Å². The van der Waals surface area contributed by atoms with Gasteiger partial charge < -0.3 is 9.64 Å². The molecule has 0 unspecified atom stereocenters. The van der Waals surface area contributed by atoms with Crippen LogP contribution in [0.5, 0.6) is 5.75 Å². The number of hydrogen-bond acceptors (Lipinski definition) is 3. The van der Waals surface area contributed by atoms with Crippen LogP contribution in [0.4, 0.5) is 4.39 Å². The third-order valence-electron chi connectivity index (χ3n) is 3.13. The Morgan fingerprint density at radius 2 is 2.11 bits per heavy atom. The monoisotopic (exact) mass is 262 g/mol. The molecule has 2 rings (SSSR count). The normalized spacial score (nSPS) is 14.8. The Hall–Kier alpha value is -2.09. The first-order chi connectivity index (χ1) is 9.20. The summed E-state index contributed by atoms with van der Waals surface area (Å²) in [6.45, 7) is 1.44. The zero-order valence-electron chi connectivity index (χ0n) is 10.6. The molecule has 1 aliphatic rings. The van der Waals surface area contributed by atoms with Crippen LogP contribution in [0.15, 0.2) is 18.2 Å². The van der Waals surface area contributed by atoms with E-state index in [9.17, 15) is 9.18 Å². The zero-order chi connectivity index (χ0) is 13.7. The number of carbonyl (C=O) groups excluding carboxylic acids is 1. The predicted octanol–water partition coefficient (Wildman–Crippen LogP) is 2.09. The molecule has 1 fully saturated rings. The van der Waals surface area contributed by atoms with Crippen molar-refractivity contribution in [2.75, 3.05) is 19.7 Å². The molecule has 0 bridgehead atoms. The van der Waals surface area contributed by atoms with Crippen molar-refractivity contribution in [2.45, 2.75) is 19.3 Å². The van der Waals surface area contributed by atoms with Gasteiger partial charge in [-0.3, -0.25) is 4.79 Å². The predicted molar refractivity (Wildman–Crippen MR) is 67.0 cm³/mol. The molecule has 0 spiro atoms. The molecule has 0 atom stereocenters. The SMILES string of the molecule is N#Cc1ccc(OCC(=O)N2CCCCC2)cc1F. The molecule has 1 aromatic carbocycles. The Morgan fingerprint density at radius 1 is 1.37 bits per heavy atom. The average molecular weight is 262 g/mol. The molecule has 0 aromatic heterocycles. The van der Waals surface area contributed by atoms with Crippen LogP contribution in [0.25, 0.3) is 0 Å². The number of piperidine rings is 1.